The Hall–Kier alpha value is -1.37. The number of Topliss-reactive ketones (excluding diaryl/α,β-unsaturated/α-hetero) is 1. The summed E-state index contributed by atoms with van der Waals surface area (Å²) in [7, 11) is 0. The number of nitrogens with zero attached hydrogens (tertiary/aromatic N) is 2. The minimum Gasteiger partial charge on any atom is -0.380 e. The number of hydrogen-bond acceptors (Lipinski definition) is 3. The van der Waals surface area contributed by atoms with Crippen LogP contribution in [0, 0.1) is 0 Å². The summed E-state index contributed by atoms with van der Waals surface area (Å²) in [5.41, 5.74) is -0.448. The second kappa shape index (κ2) is 6.53. The zero-order valence-corrected chi connectivity index (χ0v) is 10.0. The van der Waals surface area contributed by atoms with Crippen LogP contribution in [0.15, 0.2) is 12.4 Å². The first-order valence-electron chi connectivity index (χ1n) is 5.67. The van der Waals surface area contributed by atoms with Crippen molar-refractivity contribution in [2.75, 3.05) is 13.2 Å². The lowest BCUT2D eigenvalue weighted by molar-refractivity contribution is -0.0885. The molecule has 1 rings (SSSR count). The van der Waals surface area contributed by atoms with Gasteiger partial charge in [0.2, 0.25) is 0 Å². The van der Waals surface area contributed by atoms with E-state index in [4.69, 9.17) is 4.74 Å². The molecule has 0 N–H and O–H groups in total. The van der Waals surface area contributed by atoms with Gasteiger partial charge in [-0.15, -0.1) is 0 Å². The molecule has 4 nitrogen and oxygen atoms in total. The predicted molar refractivity (Wildman–Crippen MR) is 58.3 cm³/mol. The van der Waals surface area contributed by atoms with Crippen molar-refractivity contribution < 1.29 is 22.7 Å². The van der Waals surface area contributed by atoms with Crippen LogP contribution in [-0.4, -0.2) is 35.0 Å². The third-order valence-electron chi connectivity index (χ3n) is 2.26. The third-order valence-corrected chi connectivity index (χ3v) is 2.26. The summed E-state index contributed by atoms with van der Waals surface area (Å²) in [6.45, 7) is 3.34. The fourth-order valence-electron chi connectivity index (χ4n) is 1.27. The lowest BCUT2D eigenvalue weighted by Crippen LogP contribution is -2.22. The van der Waals surface area contributed by atoms with E-state index in [1.807, 2.05) is 6.92 Å². The van der Waals surface area contributed by atoms with Crippen molar-refractivity contribution >= 4 is 5.78 Å². The first-order chi connectivity index (χ1) is 8.45. The summed E-state index contributed by atoms with van der Waals surface area (Å²) in [6.07, 6.45) is -0.894. The number of ketones is 1. The molecule has 0 aromatic carbocycles. The molecule has 0 aliphatic carbocycles. The molecule has 0 spiro atoms. The van der Waals surface area contributed by atoms with Crippen LogP contribution in [0.4, 0.5) is 13.2 Å². The monoisotopic (exact) mass is 264 g/mol. The molecule has 0 unspecified atom stereocenters. The molecule has 7 heteroatoms. The summed E-state index contributed by atoms with van der Waals surface area (Å²) in [6, 6.07) is 0. The maximum absolute atomic E-state index is 12.1. The van der Waals surface area contributed by atoms with E-state index in [1.54, 1.807) is 0 Å². The molecule has 0 atom stereocenters. The van der Waals surface area contributed by atoms with Gasteiger partial charge in [-0.25, -0.2) is 0 Å². The number of halogens is 3. The fourth-order valence-corrected chi connectivity index (χ4v) is 1.27. The Morgan fingerprint density at radius 1 is 1.44 bits per heavy atom. The SMILES string of the molecule is CCCCOCCn1cc(C(=O)C(F)(F)F)cn1. The first-order valence-corrected chi connectivity index (χ1v) is 5.67. The molecule has 0 fully saturated rings. The smallest absolute Gasteiger partial charge is 0.380 e. The summed E-state index contributed by atoms with van der Waals surface area (Å²) < 4.78 is 42.9. The molecule has 0 saturated carbocycles. The predicted octanol–water partition coefficient (Wildman–Crippen LogP) is 2.44. The number of rotatable bonds is 7. The number of carbonyl (C=O) groups is 1. The maximum Gasteiger partial charge on any atom is 0.454 e. The van der Waals surface area contributed by atoms with E-state index < -0.39 is 17.5 Å². The molecule has 18 heavy (non-hydrogen) atoms. The van der Waals surface area contributed by atoms with E-state index >= 15 is 0 Å². The standard InChI is InChI=1S/C11H15F3N2O2/c1-2-3-5-18-6-4-16-8-9(7-15-16)10(17)11(12,13)14/h7-8H,2-6H2,1H3. The third kappa shape index (κ3) is 4.48. The van der Waals surface area contributed by atoms with E-state index in [0.29, 0.717) is 19.8 Å². The van der Waals surface area contributed by atoms with Crippen molar-refractivity contribution in [2.45, 2.75) is 32.5 Å². The zero-order valence-electron chi connectivity index (χ0n) is 10.0. The minimum absolute atomic E-state index is 0.328. The molecule has 1 heterocycles. The molecular formula is C11H15F3N2O2. The van der Waals surface area contributed by atoms with Crippen molar-refractivity contribution in [1.29, 1.82) is 0 Å². The van der Waals surface area contributed by atoms with Crippen LogP contribution in [-0.2, 0) is 11.3 Å². The molecule has 1 aromatic rings. The van der Waals surface area contributed by atoms with Gasteiger partial charge in [-0.2, -0.15) is 18.3 Å². The molecule has 0 aliphatic rings. The number of hydrogen-bond donors (Lipinski definition) is 0. The Kier molecular flexibility index (Phi) is 5.33. The minimum atomic E-state index is -4.86. The van der Waals surface area contributed by atoms with E-state index in [-0.39, 0.29) is 0 Å². The second-order valence-electron chi connectivity index (χ2n) is 3.78. The van der Waals surface area contributed by atoms with Gasteiger partial charge in [-0.05, 0) is 6.42 Å². The number of carbonyl (C=O) groups excluding carboxylic acids is 1. The molecular weight excluding hydrogens is 249 g/mol. The molecule has 102 valence electrons. The van der Waals surface area contributed by atoms with Crippen LogP contribution in [0.1, 0.15) is 30.1 Å². The Labute approximate surface area is 103 Å². The van der Waals surface area contributed by atoms with Gasteiger partial charge >= 0.3 is 6.18 Å². The average molecular weight is 264 g/mol. The lowest BCUT2D eigenvalue weighted by Gasteiger charge is -2.03. The van der Waals surface area contributed by atoms with Gasteiger partial charge in [0.1, 0.15) is 0 Å². The highest BCUT2D eigenvalue weighted by molar-refractivity contribution is 5.99. The highest BCUT2D eigenvalue weighted by Gasteiger charge is 2.39. The van der Waals surface area contributed by atoms with Gasteiger partial charge in [0, 0.05) is 12.8 Å². The Balaban J connectivity index is 2.42. The Morgan fingerprint density at radius 3 is 2.78 bits per heavy atom. The first kappa shape index (κ1) is 14.7. The van der Waals surface area contributed by atoms with Crippen molar-refractivity contribution in [2.24, 2.45) is 0 Å². The van der Waals surface area contributed by atoms with Gasteiger partial charge in [0.25, 0.3) is 5.78 Å². The van der Waals surface area contributed by atoms with E-state index in [2.05, 4.69) is 5.10 Å². The van der Waals surface area contributed by atoms with Crippen LogP contribution in [0.5, 0.6) is 0 Å². The Bertz CT molecular complexity index is 388. The normalized spacial score (nSPS) is 11.8. The van der Waals surface area contributed by atoms with Crippen molar-refractivity contribution in [3.8, 4) is 0 Å². The number of unbranched alkanes of at least 4 members (excludes halogenated alkanes) is 1. The summed E-state index contributed by atoms with van der Waals surface area (Å²) in [5, 5.41) is 3.68. The highest BCUT2D eigenvalue weighted by atomic mass is 19.4. The topological polar surface area (TPSA) is 44.1 Å². The molecule has 1 aromatic heterocycles. The molecule has 0 aliphatic heterocycles. The van der Waals surface area contributed by atoms with Crippen LogP contribution in [0.25, 0.3) is 0 Å². The zero-order chi connectivity index (χ0) is 13.6. The van der Waals surface area contributed by atoms with Crippen LogP contribution >= 0.6 is 0 Å². The molecule has 0 radical (unpaired) electrons. The molecule has 0 bridgehead atoms. The quantitative estimate of drug-likeness (QED) is 0.561. The van der Waals surface area contributed by atoms with Gasteiger partial charge in [0.05, 0.1) is 24.9 Å². The van der Waals surface area contributed by atoms with Crippen LogP contribution < -0.4 is 0 Å². The number of aromatic nitrogens is 2. The summed E-state index contributed by atoms with van der Waals surface area (Å²) >= 11 is 0. The summed E-state index contributed by atoms with van der Waals surface area (Å²) in [4.78, 5) is 10.9. The largest absolute Gasteiger partial charge is 0.454 e. The van der Waals surface area contributed by atoms with Gasteiger partial charge in [-0.1, -0.05) is 13.3 Å². The molecule has 0 saturated heterocycles. The lowest BCUT2D eigenvalue weighted by atomic mass is 10.2. The summed E-state index contributed by atoms with van der Waals surface area (Å²) in [5.74, 6) is -1.87. The number of ether oxygens (including phenoxy) is 1. The molecule has 0 amide bonds. The van der Waals surface area contributed by atoms with Crippen molar-refractivity contribution in [1.82, 2.24) is 9.78 Å². The Morgan fingerprint density at radius 2 is 2.17 bits per heavy atom. The van der Waals surface area contributed by atoms with E-state index in [0.717, 1.165) is 25.2 Å². The van der Waals surface area contributed by atoms with Gasteiger partial charge < -0.3 is 4.74 Å². The van der Waals surface area contributed by atoms with Crippen LogP contribution in [0.2, 0.25) is 0 Å². The maximum atomic E-state index is 12.1. The van der Waals surface area contributed by atoms with E-state index in [1.165, 1.54) is 4.68 Å². The van der Waals surface area contributed by atoms with Crippen molar-refractivity contribution in [3.05, 3.63) is 18.0 Å². The number of alkyl halides is 3. The van der Waals surface area contributed by atoms with Crippen LogP contribution in [0.3, 0.4) is 0 Å². The van der Waals surface area contributed by atoms with Crippen molar-refractivity contribution in [3.63, 3.8) is 0 Å². The van der Waals surface area contributed by atoms with E-state index in [9.17, 15) is 18.0 Å². The highest BCUT2D eigenvalue weighted by Crippen LogP contribution is 2.20. The second-order valence-corrected chi connectivity index (χ2v) is 3.78. The average Bonchev–Trinajstić information content (AvgIpc) is 2.75. The van der Waals surface area contributed by atoms with Gasteiger partial charge in [-0.3, -0.25) is 9.48 Å². The fraction of sp³-hybridized carbons (Fsp3) is 0.636. The van der Waals surface area contributed by atoms with Gasteiger partial charge in [0.15, 0.2) is 0 Å².